The smallest absolute Gasteiger partial charge is 0.251 e. The fourth-order valence-corrected chi connectivity index (χ4v) is 1.88. The molecule has 106 valence electrons. The number of rotatable bonds is 6. The van der Waals surface area contributed by atoms with Crippen LogP contribution >= 0.6 is 0 Å². The van der Waals surface area contributed by atoms with Crippen molar-refractivity contribution in [2.24, 2.45) is 0 Å². The summed E-state index contributed by atoms with van der Waals surface area (Å²) in [6.07, 6.45) is 4.09. The van der Waals surface area contributed by atoms with Crippen molar-refractivity contribution in [3.8, 4) is 5.69 Å². The van der Waals surface area contributed by atoms with Crippen LogP contribution in [0.1, 0.15) is 24.2 Å². The van der Waals surface area contributed by atoms with Gasteiger partial charge in [-0.2, -0.15) is 0 Å². The van der Waals surface area contributed by atoms with Crippen molar-refractivity contribution >= 4 is 5.91 Å². The second-order valence-electron chi connectivity index (χ2n) is 4.82. The average Bonchev–Trinajstić information content (AvgIpc) is 2.97. The largest absolute Gasteiger partial charge is 0.377 e. The van der Waals surface area contributed by atoms with Crippen LogP contribution in [-0.4, -0.2) is 29.7 Å². The van der Waals surface area contributed by atoms with E-state index in [1.54, 1.807) is 0 Å². The van der Waals surface area contributed by atoms with E-state index in [4.69, 9.17) is 4.74 Å². The highest BCUT2D eigenvalue weighted by Crippen LogP contribution is 2.10. The Morgan fingerprint density at radius 3 is 2.70 bits per heavy atom. The zero-order chi connectivity index (χ0) is 14.4. The summed E-state index contributed by atoms with van der Waals surface area (Å²) in [7, 11) is 0. The van der Waals surface area contributed by atoms with E-state index in [9.17, 15) is 4.79 Å². The number of amides is 1. The van der Waals surface area contributed by atoms with Crippen molar-refractivity contribution < 1.29 is 9.53 Å². The third-order valence-electron chi connectivity index (χ3n) is 2.85. The van der Waals surface area contributed by atoms with Crippen LogP contribution in [0.15, 0.2) is 48.8 Å². The number of nitrogens with one attached hydrogen (secondary N) is 1. The Morgan fingerprint density at radius 1 is 1.25 bits per heavy atom. The highest BCUT2D eigenvalue weighted by atomic mass is 16.5. The van der Waals surface area contributed by atoms with Crippen molar-refractivity contribution in [3.05, 3.63) is 54.4 Å². The minimum atomic E-state index is -0.0774. The first-order valence-corrected chi connectivity index (χ1v) is 6.80. The highest BCUT2D eigenvalue weighted by Gasteiger charge is 2.06. The van der Waals surface area contributed by atoms with Gasteiger partial charge >= 0.3 is 0 Å². The van der Waals surface area contributed by atoms with Crippen molar-refractivity contribution in [1.82, 2.24) is 9.88 Å². The Bertz CT molecular complexity index is 547. The van der Waals surface area contributed by atoms with Crippen molar-refractivity contribution in [2.75, 3.05) is 13.2 Å². The highest BCUT2D eigenvalue weighted by molar-refractivity contribution is 5.94. The first-order chi connectivity index (χ1) is 9.66. The maximum absolute atomic E-state index is 12.0. The molecule has 1 aromatic heterocycles. The Kier molecular flexibility index (Phi) is 4.96. The molecule has 0 saturated heterocycles. The van der Waals surface area contributed by atoms with E-state index >= 15 is 0 Å². The van der Waals surface area contributed by atoms with Crippen molar-refractivity contribution in [2.45, 2.75) is 20.0 Å². The number of hydrogen-bond donors (Lipinski definition) is 1. The van der Waals surface area contributed by atoms with E-state index < -0.39 is 0 Å². The van der Waals surface area contributed by atoms with E-state index in [0.717, 1.165) is 5.69 Å². The minimum absolute atomic E-state index is 0.0774. The molecule has 0 aliphatic carbocycles. The Hall–Kier alpha value is -2.07. The van der Waals surface area contributed by atoms with E-state index in [-0.39, 0.29) is 12.0 Å². The number of benzene rings is 1. The summed E-state index contributed by atoms with van der Waals surface area (Å²) in [4.78, 5) is 12.0. The number of carbonyl (C=O) groups excluding carboxylic acids is 1. The Balaban J connectivity index is 1.95. The molecule has 0 aliphatic heterocycles. The molecular weight excluding hydrogens is 252 g/mol. The third-order valence-corrected chi connectivity index (χ3v) is 2.85. The lowest BCUT2D eigenvalue weighted by Crippen LogP contribution is -2.28. The van der Waals surface area contributed by atoms with Gasteiger partial charge in [0.05, 0.1) is 12.7 Å². The van der Waals surface area contributed by atoms with Crippen LogP contribution in [0.25, 0.3) is 5.69 Å². The lowest BCUT2D eigenvalue weighted by atomic mass is 10.2. The summed E-state index contributed by atoms with van der Waals surface area (Å²) in [6, 6.07) is 11.4. The van der Waals surface area contributed by atoms with E-state index in [1.165, 1.54) is 0 Å². The second kappa shape index (κ2) is 6.91. The molecule has 0 unspecified atom stereocenters. The molecule has 0 fully saturated rings. The predicted octanol–water partition coefficient (Wildman–Crippen LogP) is 2.63. The quantitative estimate of drug-likeness (QED) is 0.821. The van der Waals surface area contributed by atoms with Crippen LogP contribution in [0.3, 0.4) is 0 Å². The normalized spacial score (nSPS) is 10.8. The molecule has 0 spiro atoms. The number of ether oxygens (including phenoxy) is 1. The summed E-state index contributed by atoms with van der Waals surface area (Å²) < 4.78 is 7.36. The minimum Gasteiger partial charge on any atom is -0.377 e. The molecule has 20 heavy (non-hydrogen) atoms. The summed E-state index contributed by atoms with van der Waals surface area (Å²) in [5.41, 5.74) is 1.63. The lowest BCUT2D eigenvalue weighted by molar-refractivity contribution is 0.0746. The molecule has 2 aromatic rings. The van der Waals surface area contributed by atoms with Crippen molar-refractivity contribution in [3.63, 3.8) is 0 Å². The zero-order valence-electron chi connectivity index (χ0n) is 11.9. The summed E-state index contributed by atoms with van der Waals surface area (Å²) in [6.45, 7) is 5.00. The number of hydrogen-bond acceptors (Lipinski definition) is 2. The third kappa shape index (κ3) is 3.96. The summed E-state index contributed by atoms with van der Waals surface area (Å²) >= 11 is 0. The topological polar surface area (TPSA) is 43.3 Å². The van der Waals surface area contributed by atoms with Crippen LogP contribution < -0.4 is 5.32 Å². The SMILES string of the molecule is CC(C)OCCNC(=O)c1cccc(-n2cccc2)c1. The van der Waals surface area contributed by atoms with Gasteiger partial charge in [-0.15, -0.1) is 0 Å². The molecule has 1 amide bonds. The fraction of sp³-hybridized carbons (Fsp3) is 0.312. The zero-order valence-corrected chi connectivity index (χ0v) is 11.9. The average molecular weight is 272 g/mol. The second-order valence-corrected chi connectivity index (χ2v) is 4.82. The fourth-order valence-electron chi connectivity index (χ4n) is 1.88. The summed E-state index contributed by atoms with van der Waals surface area (Å²) in [5.74, 6) is -0.0774. The molecular formula is C16H20N2O2. The van der Waals surface area contributed by atoms with E-state index in [1.807, 2.05) is 67.2 Å². The predicted molar refractivity (Wildman–Crippen MR) is 79.2 cm³/mol. The van der Waals surface area contributed by atoms with Gasteiger partial charge < -0.3 is 14.6 Å². The molecule has 4 nitrogen and oxygen atoms in total. The van der Waals surface area contributed by atoms with Gasteiger partial charge in [-0.1, -0.05) is 6.07 Å². The van der Waals surface area contributed by atoms with Crippen LogP contribution in [0, 0.1) is 0 Å². The first-order valence-electron chi connectivity index (χ1n) is 6.80. The number of carbonyl (C=O) groups is 1. The maximum atomic E-state index is 12.0. The molecule has 1 N–H and O–H groups in total. The number of aromatic nitrogens is 1. The van der Waals surface area contributed by atoms with Crippen LogP contribution in [0.5, 0.6) is 0 Å². The molecule has 0 atom stereocenters. The van der Waals surface area contributed by atoms with E-state index in [0.29, 0.717) is 18.7 Å². The van der Waals surface area contributed by atoms with Gasteiger partial charge in [0, 0.05) is 30.2 Å². The van der Waals surface area contributed by atoms with Crippen LogP contribution in [-0.2, 0) is 4.74 Å². The van der Waals surface area contributed by atoms with Gasteiger partial charge in [-0.3, -0.25) is 4.79 Å². The molecule has 4 heteroatoms. The molecule has 0 aliphatic rings. The van der Waals surface area contributed by atoms with E-state index in [2.05, 4.69) is 5.32 Å². The Morgan fingerprint density at radius 2 is 2.00 bits per heavy atom. The van der Waals surface area contributed by atoms with Gasteiger partial charge in [0.25, 0.3) is 5.91 Å². The van der Waals surface area contributed by atoms with Gasteiger partial charge in [0.1, 0.15) is 0 Å². The van der Waals surface area contributed by atoms with Crippen LogP contribution in [0.4, 0.5) is 0 Å². The Labute approximate surface area is 119 Å². The maximum Gasteiger partial charge on any atom is 0.251 e. The summed E-state index contributed by atoms with van der Waals surface area (Å²) in [5, 5.41) is 2.85. The first kappa shape index (κ1) is 14.3. The van der Waals surface area contributed by atoms with Gasteiger partial charge in [-0.05, 0) is 44.2 Å². The lowest BCUT2D eigenvalue weighted by Gasteiger charge is -2.09. The molecule has 1 heterocycles. The van der Waals surface area contributed by atoms with Gasteiger partial charge in [0.15, 0.2) is 0 Å². The van der Waals surface area contributed by atoms with Gasteiger partial charge in [-0.25, -0.2) is 0 Å². The molecule has 0 saturated carbocycles. The van der Waals surface area contributed by atoms with Crippen LogP contribution in [0.2, 0.25) is 0 Å². The monoisotopic (exact) mass is 272 g/mol. The standard InChI is InChI=1S/C16H20N2O2/c1-13(2)20-11-8-17-16(19)14-6-5-7-15(12-14)18-9-3-4-10-18/h3-7,9-10,12-13H,8,11H2,1-2H3,(H,17,19). The van der Waals surface area contributed by atoms with Gasteiger partial charge in [0.2, 0.25) is 0 Å². The number of nitrogens with zero attached hydrogens (tertiary/aromatic N) is 1. The molecule has 1 aromatic carbocycles. The molecule has 0 bridgehead atoms. The molecule has 2 rings (SSSR count). The molecule has 0 radical (unpaired) electrons. The van der Waals surface area contributed by atoms with Crippen molar-refractivity contribution in [1.29, 1.82) is 0 Å².